The first-order valence-corrected chi connectivity index (χ1v) is 6.61. The molecule has 0 atom stereocenters. The quantitative estimate of drug-likeness (QED) is 0.765. The predicted molar refractivity (Wildman–Crippen MR) is 75.5 cm³/mol. The summed E-state index contributed by atoms with van der Waals surface area (Å²) in [7, 11) is 0. The minimum Gasteiger partial charge on any atom is -0.326 e. The van der Waals surface area contributed by atoms with Gasteiger partial charge in [0.15, 0.2) is 0 Å². The molecular weight excluding hydrogens is 242 g/mol. The van der Waals surface area contributed by atoms with Gasteiger partial charge in [-0.05, 0) is 19.1 Å². The standard InChI is InChI=1S/C14H13N3S/c1-9-6-12(14-16-8-10(7-15)18-14)11-4-2-3-5-13(11)17-9/h2-6,8H,7,15H2,1H3. The number of nitrogens with two attached hydrogens (primary N) is 1. The van der Waals surface area contributed by atoms with Gasteiger partial charge in [-0.25, -0.2) is 4.98 Å². The van der Waals surface area contributed by atoms with Gasteiger partial charge < -0.3 is 5.73 Å². The van der Waals surface area contributed by atoms with E-state index in [4.69, 9.17) is 5.73 Å². The Hall–Kier alpha value is -1.78. The molecule has 0 saturated heterocycles. The number of hydrogen-bond acceptors (Lipinski definition) is 4. The second kappa shape index (κ2) is 4.48. The summed E-state index contributed by atoms with van der Waals surface area (Å²) < 4.78 is 0. The van der Waals surface area contributed by atoms with E-state index in [-0.39, 0.29) is 0 Å². The normalized spacial score (nSPS) is 11.0. The van der Waals surface area contributed by atoms with Gasteiger partial charge in [0.1, 0.15) is 5.01 Å². The minimum absolute atomic E-state index is 0.541. The lowest BCUT2D eigenvalue weighted by Gasteiger charge is -2.04. The summed E-state index contributed by atoms with van der Waals surface area (Å²) in [5.74, 6) is 0. The zero-order valence-electron chi connectivity index (χ0n) is 10.1. The Morgan fingerprint density at radius 1 is 1.28 bits per heavy atom. The summed E-state index contributed by atoms with van der Waals surface area (Å²) in [6, 6.07) is 10.2. The Kier molecular flexibility index (Phi) is 2.81. The van der Waals surface area contributed by atoms with Crippen LogP contribution in [0, 0.1) is 6.92 Å². The molecule has 0 aliphatic heterocycles. The molecule has 0 radical (unpaired) electrons. The monoisotopic (exact) mass is 255 g/mol. The third-order valence-corrected chi connectivity index (χ3v) is 3.88. The molecule has 90 valence electrons. The van der Waals surface area contributed by atoms with Crippen molar-refractivity contribution in [3.05, 3.63) is 47.1 Å². The molecule has 1 aromatic carbocycles. The van der Waals surface area contributed by atoms with Gasteiger partial charge >= 0.3 is 0 Å². The fraction of sp³-hybridized carbons (Fsp3) is 0.143. The van der Waals surface area contributed by atoms with Crippen LogP contribution in [0.5, 0.6) is 0 Å². The second-order valence-corrected chi connectivity index (χ2v) is 5.28. The molecule has 0 fully saturated rings. The molecule has 0 spiro atoms. The average Bonchev–Trinajstić information content (AvgIpc) is 2.86. The van der Waals surface area contributed by atoms with Crippen molar-refractivity contribution in [1.82, 2.24) is 9.97 Å². The van der Waals surface area contributed by atoms with Gasteiger partial charge in [0.25, 0.3) is 0 Å². The van der Waals surface area contributed by atoms with Gasteiger partial charge in [-0.1, -0.05) is 18.2 Å². The Morgan fingerprint density at radius 2 is 2.11 bits per heavy atom. The number of fused-ring (bicyclic) bond motifs is 1. The number of para-hydroxylation sites is 1. The summed E-state index contributed by atoms with van der Waals surface area (Å²) in [5.41, 5.74) is 8.80. The Balaban J connectivity index is 2.27. The van der Waals surface area contributed by atoms with E-state index in [9.17, 15) is 0 Å². The molecule has 0 unspecified atom stereocenters. The molecule has 2 N–H and O–H groups in total. The van der Waals surface area contributed by atoms with Gasteiger partial charge in [-0.3, -0.25) is 4.98 Å². The molecule has 3 aromatic rings. The van der Waals surface area contributed by atoms with Crippen LogP contribution in [0.25, 0.3) is 21.5 Å². The smallest absolute Gasteiger partial charge is 0.124 e. The van der Waals surface area contributed by atoms with Gasteiger partial charge in [0.2, 0.25) is 0 Å². The van der Waals surface area contributed by atoms with Crippen LogP contribution < -0.4 is 5.73 Å². The Bertz CT molecular complexity index is 703. The highest BCUT2D eigenvalue weighted by Crippen LogP contribution is 2.31. The highest BCUT2D eigenvalue weighted by molar-refractivity contribution is 7.15. The summed E-state index contributed by atoms with van der Waals surface area (Å²) in [5, 5.41) is 2.15. The molecule has 4 heteroatoms. The maximum Gasteiger partial charge on any atom is 0.124 e. The van der Waals surface area contributed by atoms with Gasteiger partial charge in [-0.2, -0.15) is 0 Å². The number of benzene rings is 1. The number of thiazole rings is 1. The van der Waals surface area contributed by atoms with Crippen LogP contribution in [0.1, 0.15) is 10.6 Å². The van der Waals surface area contributed by atoms with Crippen molar-refractivity contribution in [2.24, 2.45) is 5.73 Å². The SMILES string of the molecule is Cc1cc(-c2ncc(CN)s2)c2ccccc2n1. The highest BCUT2D eigenvalue weighted by Gasteiger charge is 2.09. The van der Waals surface area contributed by atoms with Crippen LogP contribution in [0.15, 0.2) is 36.5 Å². The van der Waals surface area contributed by atoms with Crippen molar-refractivity contribution in [1.29, 1.82) is 0 Å². The lowest BCUT2D eigenvalue weighted by Crippen LogP contribution is -1.91. The van der Waals surface area contributed by atoms with Crippen molar-refractivity contribution in [3.63, 3.8) is 0 Å². The molecule has 3 nitrogen and oxygen atoms in total. The van der Waals surface area contributed by atoms with Crippen LogP contribution >= 0.6 is 11.3 Å². The lowest BCUT2D eigenvalue weighted by molar-refractivity contribution is 1.10. The average molecular weight is 255 g/mol. The number of rotatable bonds is 2. The first-order valence-electron chi connectivity index (χ1n) is 5.79. The van der Waals surface area contributed by atoms with E-state index in [0.29, 0.717) is 6.54 Å². The van der Waals surface area contributed by atoms with Gasteiger partial charge in [-0.15, -0.1) is 11.3 Å². The molecule has 0 bridgehead atoms. The van der Waals surface area contributed by atoms with E-state index in [0.717, 1.165) is 32.0 Å². The lowest BCUT2D eigenvalue weighted by atomic mass is 10.1. The first-order chi connectivity index (χ1) is 8.78. The maximum atomic E-state index is 5.64. The zero-order chi connectivity index (χ0) is 12.5. The first kappa shape index (κ1) is 11.3. The van der Waals surface area contributed by atoms with Crippen molar-refractivity contribution in [3.8, 4) is 10.6 Å². The molecule has 3 rings (SSSR count). The van der Waals surface area contributed by atoms with Crippen LogP contribution in [0.3, 0.4) is 0 Å². The molecule has 0 aliphatic carbocycles. The third kappa shape index (κ3) is 1.89. The third-order valence-electron chi connectivity index (χ3n) is 2.83. The molecule has 2 heterocycles. The molecule has 0 amide bonds. The topological polar surface area (TPSA) is 51.8 Å². The van der Waals surface area contributed by atoms with E-state index in [1.165, 1.54) is 0 Å². The number of nitrogens with zero attached hydrogens (tertiary/aromatic N) is 2. The molecule has 18 heavy (non-hydrogen) atoms. The molecular formula is C14H13N3S. The number of aromatic nitrogens is 2. The number of aryl methyl sites for hydroxylation is 1. The molecule has 0 aliphatic rings. The fourth-order valence-electron chi connectivity index (χ4n) is 2.01. The van der Waals surface area contributed by atoms with Gasteiger partial charge in [0.05, 0.1) is 5.52 Å². The minimum atomic E-state index is 0.541. The fourth-order valence-corrected chi connectivity index (χ4v) is 2.83. The van der Waals surface area contributed by atoms with Crippen molar-refractivity contribution in [2.75, 3.05) is 0 Å². The predicted octanol–water partition coefficient (Wildman–Crippen LogP) is 3.13. The van der Waals surface area contributed by atoms with E-state index in [1.54, 1.807) is 11.3 Å². The van der Waals surface area contributed by atoms with E-state index in [1.807, 2.05) is 31.3 Å². The van der Waals surface area contributed by atoms with Crippen LogP contribution in [0.4, 0.5) is 0 Å². The zero-order valence-corrected chi connectivity index (χ0v) is 10.9. The summed E-state index contributed by atoms with van der Waals surface area (Å²) in [6.45, 7) is 2.55. The van der Waals surface area contributed by atoms with Gasteiger partial charge in [0, 0.05) is 34.3 Å². The van der Waals surface area contributed by atoms with Crippen molar-refractivity contribution in [2.45, 2.75) is 13.5 Å². The highest BCUT2D eigenvalue weighted by atomic mass is 32.1. The summed E-state index contributed by atoms with van der Waals surface area (Å²) >= 11 is 1.65. The number of hydrogen-bond donors (Lipinski definition) is 1. The van der Waals surface area contributed by atoms with E-state index < -0.39 is 0 Å². The molecule has 2 aromatic heterocycles. The maximum absolute atomic E-state index is 5.64. The van der Waals surface area contributed by atoms with Crippen LogP contribution in [-0.2, 0) is 6.54 Å². The van der Waals surface area contributed by atoms with Crippen LogP contribution in [0.2, 0.25) is 0 Å². The number of pyridine rings is 1. The molecule has 0 saturated carbocycles. The second-order valence-electron chi connectivity index (χ2n) is 4.16. The summed E-state index contributed by atoms with van der Waals surface area (Å²) in [4.78, 5) is 10.1. The van der Waals surface area contributed by atoms with E-state index in [2.05, 4.69) is 22.1 Å². The Morgan fingerprint density at radius 3 is 2.89 bits per heavy atom. The largest absolute Gasteiger partial charge is 0.326 e. The van der Waals surface area contributed by atoms with Crippen LogP contribution in [-0.4, -0.2) is 9.97 Å². The van der Waals surface area contributed by atoms with Crippen molar-refractivity contribution < 1.29 is 0 Å². The Labute approximate surface area is 109 Å². The summed E-state index contributed by atoms with van der Waals surface area (Å²) in [6.07, 6.45) is 1.85. The van der Waals surface area contributed by atoms with E-state index >= 15 is 0 Å². The van der Waals surface area contributed by atoms with Crippen molar-refractivity contribution >= 4 is 22.2 Å².